The molecule has 13 nitrogen and oxygen atoms in total. The SMILES string of the molecule is CCCOC[C@@](C)(OCCC)C(=O)[C@H](CC(C)C)NC(=O)[C@H](CP)NC(=O)[C@H](CC(C)C)NC(=O)[C@H](CCP)NC(=O)CN1CCOCC1. The molecule has 1 saturated heterocycles. The quantitative estimate of drug-likeness (QED) is 0.0808. The van der Waals surface area contributed by atoms with E-state index in [1.807, 2.05) is 46.4 Å². The van der Waals surface area contributed by atoms with Crippen LogP contribution in [0.4, 0.5) is 0 Å². The zero-order chi connectivity index (χ0) is 37.0. The van der Waals surface area contributed by atoms with Gasteiger partial charge in [-0.05, 0) is 63.2 Å². The molecule has 0 spiro atoms. The van der Waals surface area contributed by atoms with Gasteiger partial charge < -0.3 is 35.5 Å². The fourth-order valence-corrected chi connectivity index (χ4v) is 6.05. The number of rotatable bonds is 25. The Morgan fingerprint density at radius 1 is 0.776 bits per heavy atom. The lowest BCUT2D eigenvalue weighted by Crippen LogP contribution is -2.60. The van der Waals surface area contributed by atoms with Crippen molar-refractivity contribution in [2.75, 3.05) is 65.0 Å². The lowest BCUT2D eigenvalue weighted by molar-refractivity contribution is -0.155. The molecule has 1 aliphatic rings. The lowest BCUT2D eigenvalue weighted by Gasteiger charge is -2.33. The van der Waals surface area contributed by atoms with Crippen molar-refractivity contribution in [3.05, 3.63) is 0 Å². The van der Waals surface area contributed by atoms with Gasteiger partial charge in [0, 0.05) is 26.3 Å². The number of carbonyl (C=O) groups is 5. The molecule has 7 atom stereocenters. The standard InChI is InChI=1S/C34H65N5O8P2/c1-8-13-46-22-34(7,47-14-9-2)30(41)26(18-23(3)4)36-33(44)28(21-49)38-32(43)27(19-24(5)6)37-31(42)25(10-17-48)35-29(40)20-39-11-15-45-16-12-39/h23-28H,8-22,48-49H2,1-7H3,(H,35,40)(H,36,44)(H,37,42)(H,38,43)/t25-,26-,27-,28-,34+/m0/s1. The van der Waals surface area contributed by atoms with Gasteiger partial charge in [0.25, 0.3) is 0 Å². The molecule has 1 fully saturated rings. The Morgan fingerprint density at radius 2 is 1.31 bits per heavy atom. The number of hydrogen-bond donors (Lipinski definition) is 4. The van der Waals surface area contributed by atoms with E-state index >= 15 is 0 Å². The Labute approximate surface area is 299 Å². The van der Waals surface area contributed by atoms with E-state index in [0.717, 1.165) is 6.42 Å². The fourth-order valence-electron chi connectivity index (χ4n) is 5.38. The zero-order valence-electron chi connectivity index (χ0n) is 30.9. The number of amides is 4. The van der Waals surface area contributed by atoms with Crippen LogP contribution in [-0.4, -0.2) is 129 Å². The maximum absolute atomic E-state index is 13.9. The predicted molar refractivity (Wildman–Crippen MR) is 198 cm³/mol. The molecule has 0 aromatic carbocycles. The summed E-state index contributed by atoms with van der Waals surface area (Å²) in [5.74, 6) is -1.94. The molecule has 0 aromatic rings. The minimum atomic E-state index is -1.25. The van der Waals surface area contributed by atoms with E-state index in [4.69, 9.17) is 14.2 Å². The Morgan fingerprint density at radius 3 is 1.86 bits per heavy atom. The Hall–Kier alpha value is -1.75. The van der Waals surface area contributed by atoms with Crippen LogP contribution in [0.25, 0.3) is 0 Å². The van der Waals surface area contributed by atoms with E-state index in [-0.39, 0.29) is 42.8 Å². The summed E-state index contributed by atoms with van der Waals surface area (Å²) in [6.45, 7) is 16.9. The number of nitrogens with zero attached hydrogens (tertiary/aromatic N) is 1. The average Bonchev–Trinajstić information content (AvgIpc) is 3.05. The summed E-state index contributed by atoms with van der Waals surface area (Å²) in [5, 5.41) is 11.3. The smallest absolute Gasteiger partial charge is 0.243 e. The largest absolute Gasteiger partial charge is 0.379 e. The lowest BCUT2D eigenvalue weighted by atomic mass is 9.90. The molecule has 284 valence electrons. The van der Waals surface area contributed by atoms with Crippen molar-refractivity contribution in [3.8, 4) is 0 Å². The minimum absolute atomic E-state index is 0.0409. The van der Waals surface area contributed by atoms with Crippen molar-refractivity contribution in [1.82, 2.24) is 26.2 Å². The highest BCUT2D eigenvalue weighted by molar-refractivity contribution is 7.16. The van der Waals surface area contributed by atoms with E-state index in [1.165, 1.54) is 0 Å². The van der Waals surface area contributed by atoms with Gasteiger partial charge in [-0.15, -0.1) is 18.5 Å². The molecular formula is C34H65N5O8P2. The molecular weight excluding hydrogens is 668 g/mol. The Balaban J connectivity index is 3.07. The molecule has 1 heterocycles. The normalized spacial score (nSPS) is 17.4. The maximum Gasteiger partial charge on any atom is 0.243 e. The van der Waals surface area contributed by atoms with E-state index in [9.17, 15) is 24.0 Å². The van der Waals surface area contributed by atoms with Gasteiger partial charge in [0.1, 0.15) is 23.7 Å². The van der Waals surface area contributed by atoms with Gasteiger partial charge in [-0.2, -0.15) is 0 Å². The first-order valence-electron chi connectivity index (χ1n) is 17.9. The summed E-state index contributed by atoms with van der Waals surface area (Å²) in [7, 11) is 5.03. The second-order valence-electron chi connectivity index (χ2n) is 13.8. The number of ketones is 1. The molecule has 0 saturated carbocycles. The number of Topliss-reactive ketones (excluding diaryl/α,β-unsaturated/α-hetero) is 1. The van der Waals surface area contributed by atoms with E-state index in [0.29, 0.717) is 71.4 Å². The molecule has 1 aliphatic heterocycles. The van der Waals surface area contributed by atoms with Crippen molar-refractivity contribution < 1.29 is 38.2 Å². The summed E-state index contributed by atoms with van der Waals surface area (Å²) < 4.78 is 17.1. The van der Waals surface area contributed by atoms with Crippen LogP contribution in [0.3, 0.4) is 0 Å². The van der Waals surface area contributed by atoms with Crippen LogP contribution in [0.15, 0.2) is 0 Å². The summed E-state index contributed by atoms with van der Waals surface area (Å²) in [5.41, 5.74) is -1.25. The van der Waals surface area contributed by atoms with Crippen molar-refractivity contribution in [2.24, 2.45) is 11.8 Å². The van der Waals surface area contributed by atoms with E-state index in [2.05, 4.69) is 39.7 Å². The van der Waals surface area contributed by atoms with Crippen LogP contribution in [0.1, 0.15) is 80.6 Å². The number of morpholine rings is 1. The van der Waals surface area contributed by atoms with Crippen LogP contribution < -0.4 is 21.3 Å². The topological polar surface area (TPSA) is 164 Å². The molecule has 4 amide bonds. The van der Waals surface area contributed by atoms with Gasteiger partial charge in [0.2, 0.25) is 23.6 Å². The molecule has 0 aliphatic carbocycles. The number of ether oxygens (including phenoxy) is 3. The van der Waals surface area contributed by atoms with Crippen molar-refractivity contribution in [1.29, 1.82) is 0 Å². The number of nitrogens with one attached hydrogen (secondary N) is 4. The first-order chi connectivity index (χ1) is 23.2. The van der Waals surface area contributed by atoms with Gasteiger partial charge in [-0.3, -0.25) is 28.9 Å². The van der Waals surface area contributed by atoms with Crippen molar-refractivity contribution in [2.45, 2.75) is 110 Å². The van der Waals surface area contributed by atoms with Crippen LogP contribution in [0, 0.1) is 11.8 Å². The Bertz CT molecular complexity index is 1030. The average molecular weight is 734 g/mol. The maximum atomic E-state index is 13.9. The van der Waals surface area contributed by atoms with E-state index in [1.54, 1.807) is 6.92 Å². The van der Waals surface area contributed by atoms with Gasteiger partial charge >= 0.3 is 0 Å². The highest BCUT2D eigenvalue weighted by Gasteiger charge is 2.41. The second-order valence-corrected chi connectivity index (χ2v) is 14.8. The third-order valence-electron chi connectivity index (χ3n) is 8.00. The van der Waals surface area contributed by atoms with Gasteiger partial charge in [-0.25, -0.2) is 0 Å². The molecule has 0 aromatic heterocycles. The molecule has 1 rings (SSSR count). The molecule has 0 bridgehead atoms. The fraction of sp³-hybridized carbons (Fsp3) is 0.853. The molecule has 15 heteroatoms. The molecule has 49 heavy (non-hydrogen) atoms. The molecule has 2 unspecified atom stereocenters. The summed E-state index contributed by atoms with van der Waals surface area (Å²) >= 11 is 0. The third kappa shape index (κ3) is 17.3. The highest BCUT2D eigenvalue weighted by atomic mass is 31.0. The van der Waals surface area contributed by atoms with Crippen LogP contribution >= 0.6 is 18.5 Å². The summed E-state index contributed by atoms with van der Waals surface area (Å²) in [6, 6.07) is -3.63. The second kappa shape index (κ2) is 24.4. The van der Waals surface area contributed by atoms with Crippen molar-refractivity contribution >= 4 is 47.9 Å². The predicted octanol–water partition coefficient (Wildman–Crippen LogP) is 1.67. The van der Waals surface area contributed by atoms with Gasteiger partial charge in [0.05, 0.1) is 32.4 Å². The number of carbonyl (C=O) groups excluding carboxylic acids is 5. The van der Waals surface area contributed by atoms with Crippen LogP contribution in [0.5, 0.6) is 0 Å². The first-order valence-corrected chi connectivity index (χ1v) is 19.5. The highest BCUT2D eigenvalue weighted by Crippen LogP contribution is 2.20. The van der Waals surface area contributed by atoms with Gasteiger partial charge in [-0.1, -0.05) is 41.5 Å². The Kier molecular flexibility index (Phi) is 22.6. The minimum Gasteiger partial charge on any atom is -0.379 e. The van der Waals surface area contributed by atoms with Crippen LogP contribution in [-0.2, 0) is 38.2 Å². The van der Waals surface area contributed by atoms with Crippen LogP contribution in [0.2, 0.25) is 0 Å². The van der Waals surface area contributed by atoms with E-state index < -0.39 is 47.5 Å². The monoisotopic (exact) mass is 733 g/mol. The summed E-state index contributed by atoms with van der Waals surface area (Å²) in [6.07, 6.45) is 3.31. The molecule has 0 radical (unpaired) electrons. The summed E-state index contributed by atoms with van der Waals surface area (Å²) in [4.78, 5) is 69.4. The van der Waals surface area contributed by atoms with Crippen molar-refractivity contribution in [3.63, 3.8) is 0 Å². The number of hydrogen-bond acceptors (Lipinski definition) is 9. The van der Waals surface area contributed by atoms with Gasteiger partial charge in [0.15, 0.2) is 5.78 Å². The zero-order valence-corrected chi connectivity index (χ0v) is 33.2. The third-order valence-corrected chi connectivity index (χ3v) is 8.80. The molecule has 4 N–H and O–H groups in total. The first kappa shape index (κ1) is 45.3.